The van der Waals surface area contributed by atoms with Gasteiger partial charge in [0.15, 0.2) is 0 Å². The smallest absolute Gasteiger partial charge is 0.222 e. The second-order valence-electron chi connectivity index (χ2n) is 5.27. The minimum Gasteiger partial charge on any atom is -0.339 e. The third-order valence-corrected chi connectivity index (χ3v) is 3.10. The summed E-state index contributed by atoms with van der Waals surface area (Å²) in [5.41, 5.74) is 1.10. The van der Waals surface area contributed by atoms with Crippen LogP contribution in [0.5, 0.6) is 0 Å². The monoisotopic (exact) mass is 238 g/mol. The second-order valence-corrected chi connectivity index (χ2v) is 5.27. The number of amides is 1. The second kappa shape index (κ2) is 7.49. The molecule has 0 atom stereocenters. The molecule has 17 heavy (non-hydrogen) atoms. The Morgan fingerprint density at radius 2 is 2.06 bits per heavy atom. The molecule has 1 aliphatic heterocycles. The van der Waals surface area contributed by atoms with E-state index in [0.717, 1.165) is 38.0 Å². The van der Waals surface area contributed by atoms with Crippen LogP contribution in [0.3, 0.4) is 0 Å². The molecule has 3 nitrogen and oxygen atoms in total. The number of likely N-dealkylation sites (tertiary alicyclic amines) is 1. The van der Waals surface area contributed by atoms with Gasteiger partial charge in [-0.2, -0.15) is 0 Å². The van der Waals surface area contributed by atoms with Crippen LogP contribution < -0.4 is 5.32 Å². The summed E-state index contributed by atoms with van der Waals surface area (Å²) in [4.78, 5) is 13.9. The first-order chi connectivity index (χ1) is 8.09. The molecule has 0 spiro atoms. The molecule has 1 saturated heterocycles. The van der Waals surface area contributed by atoms with Crippen LogP contribution in [0.1, 0.15) is 46.0 Å². The lowest BCUT2D eigenvalue weighted by molar-refractivity contribution is -0.131. The number of carbonyl (C=O) groups is 1. The Bertz CT molecular complexity index is 261. The third kappa shape index (κ3) is 5.87. The van der Waals surface area contributed by atoms with Gasteiger partial charge in [-0.25, -0.2) is 0 Å². The van der Waals surface area contributed by atoms with Crippen molar-refractivity contribution in [2.45, 2.75) is 52.0 Å². The molecule has 1 amide bonds. The van der Waals surface area contributed by atoms with Crippen LogP contribution >= 0.6 is 0 Å². The lowest BCUT2D eigenvalue weighted by Crippen LogP contribution is -2.36. The molecule has 1 N–H and O–H groups in total. The Kier molecular flexibility index (Phi) is 6.27. The van der Waals surface area contributed by atoms with Gasteiger partial charge in [-0.15, -0.1) is 0 Å². The van der Waals surface area contributed by atoms with Crippen molar-refractivity contribution in [1.29, 1.82) is 0 Å². The van der Waals surface area contributed by atoms with E-state index < -0.39 is 0 Å². The van der Waals surface area contributed by atoms with Crippen LogP contribution in [0, 0.1) is 0 Å². The average molecular weight is 238 g/mol. The number of hydrogen-bond donors (Lipinski definition) is 1. The number of rotatable bonds is 5. The molecule has 0 aromatic carbocycles. The van der Waals surface area contributed by atoms with E-state index in [-0.39, 0.29) is 0 Å². The van der Waals surface area contributed by atoms with Crippen molar-refractivity contribution in [1.82, 2.24) is 10.2 Å². The fourth-order valence-corrected chi connectivity index (χ4v) is 2.06. The quantitative estimate of drug-likeness (QED) is 0.746. The minimum absolute atomic E-state index is 0.301. The normalized spacial score (nSPS) is 18.1. The van der Waals surface area contributed by atoms with Gasteiger partial charge >= 0.3 is 0 Å². The molecule has 1 rings (SSSR count). The van der Waals surface area contributed by atoms with Crippen LogP contribution in [0.15, 0.2) is 12.2 Å². The molecule has 0 unspecified atom stereocenters. The fourth-order valence-electron chi connectivity index (χ4n) is 2.06. The molecule has 1 fully saturated rings. The zero-order valence-corrected chi connectivity index (χ0v) is 11.3. The maximum absolute atomic E-state index is 11.9. The zero-order valence-electron chi connectivity index (χ0n) is 11.3. The Labute approximate surface area is 105 Å². The van der Waals surface area contributed by atoms with Crippen LogP contribution in [0.4, 0.5) is 0 Å². The van der Waals surface area contributed by atoms with Gasteiger partial charge in [-0.1, -0.05) is 33.3 Å². The lowest BCUT2D eigenvalue weighted by atomic mass is 10.1. The number of nitrogens with one attached hydrogen (secondary N) is 1. The van der Waals surface area contributed by atoms with Gasteiger partial charge in [-0.3, -0.25) is 4.79 Å². The van der Waals surface area contributed by atoms with Gasteiger partial charge in [0.2, 0.25) is 5.91 Å². The van der Waals surface area contributed by atoms with Gasteiger partial charge in [0.25, 0.3) is 0 Å². The van der Waals surface area contributed by atoms with Crippen molar-refractivity contribution in [2.75, 3.05) is 19.6 Å². The first-order valence-electron chi connectivity index (χ1n) is 6.77. The summed E-state index contributed by atoms with van der Waals surface area (Å²) < 4.78 is 0. The highest BCUT2D eigenvalue weighted by Gasteiger charge is 2.15. The summed E-state index contributed by atoms with van der Waals surface area (Å²) in [6, 6.07) is 0.467. The Morgan fingerprint density at radius 1 is 1.35 bits per heavy atom. The predicted octanol–water partition coefficient (Wildman–Crippen LogP) is 2.33. The maximum Gasteiger partial charge on any atom is 0.222 e. The standard InChI is InChI=1S/C14H26N2O/c1-12(2)15-10-13(3)11-16-9-7-5-4-6-8-14(16)17/h12,15H,3-11H2,1-2H3. The Hall–Kier alpha value is -0.830. The fraction of sp³-hybridized carbons (Fsp3) is 0.786. The molecule has 0 aromatic rings. The first-order valence-corrected chi connectivity index (χ1v) is 6.77. The predicted molar refractivity (Wildman–Crippen MR) is 71.9 cm³/mol. The molecule has 0 aromatic heterocycles. The molecule has 0 aliphatic carbocycles. The molecular weight excluding hydrogens is 212 g/mol. The summed E-state index contributed by atoms with van der Waals surface area (Å²) >= 11 is 0. The largest absolute Gasteiger partial charge is 0.339 e. The zero-order chi connectivity index (χ0) is 12.7. The topological polar surface area (TPSA) is 32.3 Å². The number of carbonyl (C=O) groups excluding carboxylic acids is 1. The third-order valence-electron chi connectivity index (χ3n) is 3.10. The summed E-state index contributed by atoms with van der Waals surface area (Å²) in [5.74, 6) is 0.301. The van der Waals surface area contributed by atoms with Crippen molar-refractivity contribution in [3.05, 3.63) is 12.2 Å². The lowest BCUT2D eigenvalue weighted by Gasteiger charge is -2.26. The van der Waals surface area contributed by atoms with Crippen molar-refractivity contribution >= 4 is 5.91 Å². The van der Waals surface area contributed by atoms with E-state index in [2.05, 4.69) is 25.7 Å². The maximum atomic E-state index is 11.9. The van der Waals surface area contributed by atoms with Crippen molar-refractivity contribution in [2.24, 2.45) is 0 Å². The Morgan fingerprint density at radius 3 is 2.76 bits per heavy atom. The van der Waals surface area contributed by atoms with Crippen molar-refractivity contribution in [3.63, 3.8) is 0 Å². The number of nitrogens with zero attached hydrogens (tertiary/aromatic N) is 1. The molecule has 0 radical (unpaired) electrons. The molecule has 0 bridgehead atoms. The van der Waals surface area contributed by atoms with Crippen molar-refractivity contribution < 1.29 is 4.79 Å². The highest BCUT2D eigenvalue weighted by molar-refractivity contribution is 5.76. The summed E-state index contributed by atoms with van der Waals surface area (Å²) in [6.45, 7) is 10.7. The van der Waals surface area contributed by atoms with Crippen LogP contribution in [-0.2, 0) is 4.79 Å². The van der Waals surface area contributed by atoms with E-state index in [9.17, 15) is 4.79 Å². The van der Waals surface area contributed by atoms with Gasteiger partial charge in [0.1, 0.15) is 0 Å². The summed E-state index contributed by atoms with van der Waals surface area (Å²) in [6.07, 6.45) is 5.35. The molecule has 3 heteroatoms. The van der Waals surface area contributed by atoms with Crippen LogP contribution in [-0.4, -0.2) is 36.5 Å². The number of hydrogen-bond acceptors (Lipinski definition) is 2. The molecule has 0 saturated carbocycles. The van der Waals surface area contributed by atoms with E-state index in [1.165, 1.54) is 12.8 Å². The van der Waals surface area contributed by atoms with Crippen LogP contribution in [0.2, 0.25) is 0 Å². The molecular formula is C14H26N2O. The van der Waals surface area contributed by atoms with Crippen molar-refractivity contribution in [3.8, 4) is 0 Å². The first kappa shape index (κ1) is 14.2. The van der Waals surface area contributed by atoms with E-state index >= 15 is 0 Å². The van der Waals surface area contributed by atoms with Gasteiger partial charge in [-0.05, 0) is 18.4 Å². The van der Waals surface area contributed by atoms with Gasteiger partial charge in [0.05, 0.1) is 0 Å². The highest BCUT2D eigenvalue weighted by Crippen LogP contribution is 2.12. The molecule has 98 valence electrons. The molecule has 1 heterocycles. The van der Waals surface area contributed by atoms with E-state index in [1.54, 1.807) is 0 Å². The van der Waals surface area contributed by atoms with Gasteiger partial charge in [0, 0.05) is 32.1 Å². The SMILES string of the molecule is C=C(CNC(C)C)CN1CCCCCCC1=O. The van der Waals surface area contributed by atoms with E-state index in [4.69, 9.17) is 0 Å². The van der Waals surface area contributed by atoms with Crippen LogP contribution in [0.25, 0.3) is 0 Å². The summed E-state index contributed by atoms with van der Waals surface area (Å²) in [7, 11) is 0. The van der Waals surface area contributed by atoms with E-state index in [0.29, 0.717) is 18.4 Å². The van der Waals surface area contributed by atoms with E-state index in [1.807, 2.05) is 4.90 Å². The average Bonchev–Trinajstić information content (AvgIpc) is 2.26. The minimum atomic E-state index is 0.301. The highest BCUT2D eigenvalue weighted by atomic mass is 16.2. The Balaban J connectivity index is 2.35. The van der Waals surface area contributed by atoms with Gasteiger partial charge < -0.3 is 10.2 Å². The summed E-state index contributed by atoms with van der Waals surface area (Å²) in [5, 5.41) is 3.34. The molecule has 1 aliphatic rings.